The Morgan fingerprint density at radius 3 is 1.98 bits per heavy atom. The fourth-order valence-corrected chi connectivity index (χ4v) is 8.40. The molecule has 2 fully saturated rings. The van der Waals surface area contributed by atoms with Crippen LogP contribution < -0.4 is 10.2 Å². The van der Waals surface area contributed by atoms with Gasteiger partial charge in [-0.3, -0.25) is 19.4 Å². The zero-order valence-corrected chi connectivity index (χ0v) is 30.4. The normalized spacial score (nSPS) is 19.7. The van der Waals surface area contributed by atoms with Crippen molar-refractivity contribution in [3.63, 3.8) is 0 Å². The van der Waals surface area contributed by atoms with Crippen LogP contribution in [0.1, 0.15) is 23.6 Å². The number of hydrogen-bond donors (Lipinski definition) is 1. The van der Waals surface area contributed by atoms with Crippen LogP contribution in [0.3, 0.4) is 0 Å². The van der Waals surface area contributed by atoms with Gasteiger partial charge in [-0.15, -0.1) is 0 Å². The lowest BCUT2D eigenvalue weighted by atomic mass is 9.75. The number of carbonyl (C=O) groups excluding carboxylic acids is 2. The molecule has 2 saturated heterocycles. The average Bonchev–Trinajstić information content (AvgIpc) is 3.20. The predicted octanol–water partition coefficient (Wildman–Crippen LogP) is 5.21. The Balaban J connectivity index is 1.32. The van der Waals surface area contributed by atoms with E-state index in [2.05, 4.69) is 66.2 Å². The molecule has 3 unspecified atom stereocenters. The van der Waals surface area contributed by atoms with E-state index in [1.807, 2.05) is 60.7 Å². The maximum absolute atomic E-state index is 12.7. The first-order valence-corrected chi connectivity index (χ1v) is 19.1. The molecule has 2 amide bonds. The van der Waals surface area contributed by atoms with Crippen LogP contribution in [0, 0.1) is 0 Å². The minimum atomic E-state index is -1.45. The summed E-state index contributed by atoms with van der Waals surface area (Å²) in [5, 5.41) is 2.63. The summed E-state index contributed by atoms with van der Waals surface area (Å²) in [6.07, 6.45) is 4.52. The Kier molecular flexibility index (Phi) is 12.4. The zero-order valence-electron chi connectivity index (χ0n) is 28.8. The number of ether oxygens (including phenoxy) is 1. The van der Waals surface area contributed by atoms with Crippen LogP contribution >= 0.6 is 18.9 Å². The van der Waals surface area contributed by atoms with Gasteiger partial charge in [0.2, 0.25) is 25.9 Å². The molecule has 11 nitrogen and oxygen atoms in total. The van der Waals surface area contributed by atoms with Gasteiger partial charge in [-0.05, 0) is 40.9 Å². The monoisotopic (exact) mass is 727 g/mol. The van der Waals surface area contributed by atoms with Gasteiger partial charge in [0.1, 0.15) is 6.23 Å². The molecule has 2 aliphatic rings. The van der Waals surface area contributed by atoms with Crippen LogP contribution in [0.15, 0.2) is 121 Å². The van der Waals surface area contributed by atoms with Crippen LogP contribution in [0.2, 0.25) is 0 Å². The fourth-order valence-electron chi connectivity index (χ4n) is 6.83. The maximum Gasteiger partial charge on any atom is 0.248 e. The van der Waals surface area contributed by atoms with Crippen molar-refractivity contribution in [3.8, 4) is 0 Å². The van der Waals surface area contributed by atoms with Gasteiger partial charge in [-0.1, -0.05) is 91.0 Å². The topological polar surface area (TPSA) is 103 Å². The molecule has 3 aromatic carbocycles. The molecule has 0 bridgehead atoms. The van der Waals surface area contributed by atoms with E-state index in [0.29, 0.717) is 44.1 Å². The number of nitrogens with zero attached hydrogens (tertiary/aromatic N) is 6. The molecule has 0 aliphatic carbocycles. The first-order valence-electron chi connectivity index (χ1n) is 17.0. The van der Waals surface area contributed by atoms with Crippen molar-refractivity contribution in [1.29, 1.82) is 0 Å². The summed E-state index contributed by atoms with van der Waals surface area (Å²) in [7, 11) is 0.108. The number of halogens is 1. The highest BCUT2D eigenvalue weighted by molar-refractivity contribution is 7.78. The number of amides is 2. The second-order valence-corrected chi connectivity index (χ2v) is 14.5. The van der Waals surface area contributed by atoms with Crippen molar-refractivity contribution >= 4 is 37.2 Å². The standard InChI is InChI=1S/C38H43ClN7O4P/c1-30(36(48)40-2)25-44(29-47)35-27-45(26-34(50-35)28-49-51(39)46-23-21-43(22-24-46)37-41-19-12-20-42-37)38(31-13-6-3-7-14-31,32-15-8-4-9-16-32)33-17-10-5-11-18-33/h3-20,25,29,34-35H,21-24,26-28H2,1-2H3,(H,40,48)/b30-25-. The van der Waals surface area contributed by atoms with Crippen molar-refractivity contribution in [1.82, 2.24) is 29.8 Å². The number of carbonyl (C=O) groups is 2. The quantitative estimate of drug-likeness (QED) is 0.0861. The fraction of sp³-hybridized carbons (Fsp3) is 0.316. The van der Waals surface area contributed by atoms with E-state index in [9.17, 15) is 9.59 Å². The van der Waals surface area contributed by atoms with Crippen molar-refractivity contribution in [2.24, 2.45) is 0 Å². The number of nitrogens with one attached hydrogen (secondary N) is 1. The van der Waals surface area contributed by atoms with E-state index in [0.717, 1.165) is 29.8 Å². The van der Waals surface area contributed by atoms with Gasteiger partial charge in [0.25, 0.3) is 0 Å². The third-order valence-electron chi connectivity index (χ3n) is 9.26. The third-order valence-corrected chi connectivity index (χ3v) is 11.4. The smallest absolute Gasteiger partial charge is 0.248 e. The molecule has 0 saturated carbocycles. The van der Waals surface area contributed by atoms with E-state index in [1.54, 1.807) is 26.4 Å². The molecule has 1 aromatic heterocycles. The summed E-state index contributed by atoms with van der Waals surface area (Å²) in [4.78, 5) is 39.9. The van der Waals surface area contributed by atoms with Crippen LogP contribution in [0.25, 0.3) is 0 Å². The van der Waals surface area contributed by atoms with Gasteiger partial charge in [0.05, 0.1) is 18.2 Å². The predicted molar refractivity (Wildman–Crippen MR) is 200 cm³/mol. The van der Waals surface area contributed by atoms with Gasteiger partial charge >= 0.3 is 0 Å². The SMILES string of the molecule is CNC(=O)/C(C)=C\N(C=O)C1CN(C(c2ccccc2)(c2ccccc2)c2ccccc2)CC(COP(Cl)N2CCN(c3ncccn3)CC2)O1. The molecule has 51 heavy (non-hydrogen) atoms. The van der Waals surface area contributed by atoms with E-state index in [4.69, 9.17) is 20.5 Å². The van der Waals surface area contributed by atoms with Gasteiger partial charge in [-0.2, -0.15) is 0 Å². The highest BCUT2D eigenvalue weighted by atomic mass is 35.7. The number of piperazine rings is 1. The second-order valence-electron chi connectivity index (χ2n) is 12.4. The molecule has 6 rings (SSSR count). The lowest BCUT2D eigenvalue weighted by molar-refractivity contribution is -0.166. The summed E-state index contributed by atoms with van der Waals surface area (Å²) < 4.78 is 15.2. The Morgan fingerprint density at radius 1 is 0.922 bits per heavy atom. The zero-order chi connectivity index (χ0) is 35.6. The van der Waals surface area contributed by atoms with E-state index < -0.39 is 25.5 Å². The molecule has 1 N–H and O–H groups in total. The molecular weight excluding hydrogens is 685 g/mol. The molecule has 13 heteroatoms. The Morgan fingerprint density at radius 2 is 1.47 bits per heavy atom. The van der Waals surface area contributed by atoms with Crippen molar-refractivity contribution in [2.45, 2.75) is 24.8 Å². The van der Waals surface area contributed by atoms with Gasteiger partial charge in [0, 0.05) is 70.5 Å². The number of anilines is 1. The highest BCUT2D eigenvalue weighted by Gasteiger charge is 2.47. The van der Waals surface area contributed by atoms with Crippen LogP contribution in [-0.2, 0) is 24.4 Å². The summed E-state index contributed by atoms with van der Waals surface area (Å²) in [5.41, 5.74) is 2.81. The minimum Gasteiger partial charge on any atom is -0.355 e. The molecule has 0 spiro atoms. The maximum atomic E-state index is 12.7. The first-order chi connectivity index (χ1) is 24.9. The molecule has 4 aromatic rings. The van der Waals surface area contributed by atoms with Crippen LogP contribution in [0.4, 0.5) is 5.95 Å². The summed E-state index contributed by atoms with van der Waals surface area (Å²) in [6.45, 7) is 5.54. The average molecular weight is 728 g/mol. The van der Waals surface area contributed by atoms with Crippen molar-refractivity contribution < 1.29 is 18.8 Å². The van der Waals surface area contributed by atoms with E-state index >= 15 is 0 Å². The lowest BCUT2D eigenvalue weighted by Gasteiger charge is -2.51. The second kappa shape index (κ2) is 17.3. The molecule has 2 aliphatic heterocycles. The number of morpholine rings is 1. The summed E-state index contributed by atoms with van der Waals surface area (Å²) in [6, 6.07) is 33.0. The van der Waals surface area contributed by atoms with Gasteiger partial charge < -0.3 is 19.5 Å². The van der Waals surface area contributed by atoms with Crippen molar-refractivity contribution in [3.05, 3.63) is 138 Å². The number of hydrogen-bond acceptors (Lipinski definition) is 9. The van der Waals surface area contributed by atoms with Crippen LogP contribution in [0.5, 0.6) is 0 Å². The van der Waals surface area contributed by atoms with Crippen molar-refractivity contribution in [2.75, 3.05) is 57.8 Å². The van der Waals surface area contributed by atoms with Gasteiger partial charge in [0.15, 0.2) is 0 Å². The molecule has 3 atom stereocenters. The van der Waals surface area contributed by atoms with Crippen LogP contribution in [-0.4, -0.2) is 102 Å². The largest absolute Gasteiger partial charge is 0.355 e. The Hall–Kier alpha value is -4.22. The molecule has 266 valence electrons. The van der Waals surface area contributed by atoms with E-state index in [-0.39, 0.29) is 12.5 Å². The minimum absolute atomic E-state index is 0.198. The number of rotatable bonds is 13. The summed E-state index contributed by atoms with van der Waals surface area (Å²) >= 11 is 6.96. The molecular formula is C38H43ClN7O4P. The third kappa shape index (κ3) is 8.31. The molecule has 3 heterocycles. The number of aromatic nitrogens is 2. The van der Waals surface area contributed by atoms with E-state index in [1.165, 1.54) is 11.1 Å². The summed E-state index contributed by atoms with van der Waals surface area (Å²) in [5.74, 6) is 0.422. The number of likely N-dealkylation sites (N-methyl/N-ethyl adjacent to an activating group) is 1. The molecule has 0 radical (unpaired) electrons. The Bertz CT molecular complexity index is 1640. The Labute approximate surface area is 305 Å². The van der Waals surface area contributed by atoms with Gasteiger partial charge in [-0.25, -0.2) is 14.6 Å². The highest BCUT2D eigenvalue weighted by Crippen LogP contribution is 2.48. The first kappa shape index (κ1) is 36.6. The lowest BCUT2D eigenvalue weighted by Crippen LogP contribution is -2.61. The number of benzene rings is 3.